The molecule has 3 N–H and O–H groups in total. The fourth-order valence-corrected chi connectivity index (χ4v) is 1.35. The lowest BCUT2D eigenvalue weighted by molar-refractivity contribution is 1.06. The van der Waals surface area contributed by atoms with Crippen LogP contribution in [0, 0.1) is 6.92 Å². The van der Waals surface area contributed by atoms with Crippen LogP contribution in [0.15, 0.2) is 4.79 Å². The Kier molecular flexibility index (Phi) is 1.68. The first-order chi connectivity index (χ1) is 4.24. The van der Waals surface area contributed by atoms with Crippen molar-refractivity contribution in [2.75, 3.05) is 0 Å². The van der Waals surface area contributed by atoms with Gasteiger partial charge in [0.25, 0.3) is 0 Å². The van der Waals surface area contributed by atoms with E-state index in [9.17, 15) is 4.79 Å². The fourth-order valence-electron chi connectivity index (χ4n) is 0.632. The van der Waals surface area contributed by atoms with Crippen molar-refractivity contribution in [1.82, 2.24) is 4.98 Å². The standard InChI is InChI=1S/C5H8N2OS/c1-3-4(2-6)9-5(8)7-3/h2,6H2,1H3,(H,7,8). The fraction of sp³-hybridized carbons (Fsp3) is 0.400. The summed E-state index contributed by atoms with van der Waals surface area (Å²) in [6, 6.07) is 0. The Balaban J connectivity index is 3.16. The molecule has 0 aliphatic rings. The highest BCUT2D eigenvalue weighted by atomic mass is 32.1. The summed E-state index contributed by atoms with van der Waals surface area (Å²) < 4.78 is 0. The van der Waals surface area contributed by atoms with Crippen LogP contribution in [0.1, 0.15) is 10.6 Å². The predicted molar refractivity (Wildman–Crippen MR) is 37.6 cm³/mol. The average molecular weight is 144 g/mol. The van der Waals surface area contributed by atoms with Gasteiger partial charge in [0.2, 0.25) is 0 Å². The van der Waals surface area contributed by atoms with Crippen LogP contribution in [0.25, 0.3) is 0 Å². The van der Waals surface area contributed by atoms with Crippen molar-refractivity contribution in [1.29, 1.82) is 0 Å². The van der Waals surface area contributed by atoms with Crippen LogP contribution in [0.5, 0.6) is 0 Å². The van der Waals surface area contributed by atoms with Crippen molar-refractivity contribution in [2.45, 2.75) is 13.5 Å². The molecule has 4 heteroatoms. The zero-order valence-electron chi connectivity index (χ0n) is 5.10. The van der Waals surface area contributed by atoms with E-state index in [1.807, 2.05) is 6.92 Å². The molecule has 0 radical (unpaired) electrons. The Hall–Kier alpha value is -0.610. The number of aromatic amines is 1. The number of aryl methyl sites for hydroxylation is 1. The lowest BCUT2D eigenvalue weighted by atomic mass is 10.4. The second-order valence-corrected chi connectivity index (χ2v) is 2.83. The van der Waals surface area contributed by atoms with Gasteiger partial charge in [0.05, 0.1) is 0 Å². The molecule has 0 unspecified atom stereocenters. The number of rotatable bonds is 1. The summed E-state index contributed by atoms with van der Waals surface area (Å²) >= 11 is 1.18. The molecule has 0 spiro atoms. The first kappa shape index (κ1) is 6.51. The number of nitrogens with one attached hydrogen (secondary N) is 1. The first-order valence-electron chi connectivity index (χ1n) is 2.62. The summed E-state index contributed by atoms with van der Waals surface area (Å²) in [6.45, 7) is 2.30. The zero-order chi connectivity index (χ0) is 6.85. The molecule has 0 fully saturated rings. The maximum absolute atomic E-state index is 10.6. The number of aromatic nitrogens is 1. The Bertz CT molecular complexity index is 250. The summed E-state index contributed by atoms with van der Waals surface area (Å²) in [5.74, 6) is 0. The maximum atomic E-state index is 10.6. The Morgan fingerprint density at radius 3 is 2.67 bits per heavy atom. The third-order valence-corrected chi connectivity index (χ3v) is 2.12. The van der Waals surface area contributed by atoms with Gasteiger partial charge in [0, 0.05) is 17.1 Å². The van der Waals surface area contributed by atoms with Gasteiger partial charge in [-0.3, -0.25) is 4.79 Å². The molecule has 3 nitrogen and oxygen atoms in total. The second kappa shape index (κ2) is 2.33. The van der Waals surface area contributed by atoms with Gasteiger partial charge in [-0.15, -0.1) is 0 Å². The Labute approximate surface area is 56.5 Å². The molecule has 0 saturated heterocycles. The molecule has 9 heavy (non-hydrogen) atoms. The van der Waals surface area contributed by atoms with Gasteiger partial charge in [-0.2, -0.15) is 0 Å². The number of nitrogens with two attached hydrogens (primary N) is 1. The molecule has 0 atom stereocenters. The van der Waals surface area contributed by atoms with E-state index >= 15 is 0 Å². The number of thiazole rings is 1. The quantitative estimate of drug-likeness (QED) is 0.591. The molecule has 1 heterocycles. The van der Waals surface area contributed by atoms with Crippen molar-refractivity contribution in [2.24, 2.45) is 5.73 Å². The van der Waals surface area contributed by atoms with Gasteiger partial charge < -0.3 is 10.7 Å². The van der Waals surface area contributed by atoms with Gasteiger partial charge in [-0.05, 0) is 6.92 Å². The first-order valence-corrected chi connectivity index (χ1v) is 3.44. The van der Waals surface area contributed by atoms with E-state index in [0.717, 1.165) is 10.6 Å². The predicted octanol–water partition coefficient (Wildman–Crippen LogP) is 0.204. The molecule has 1 rings (SSSR count). The van der Waals surface area contributed by atoms with Crippen LogP contribution < -0.4 is 10.6 Å². The molecule has 0 bridgehead atoms. The van der Waals surface area contributed by atoms with Gasteiger partial charge in [-0.1, -0.05) is 11.3 Å². The van der Waals surface area contributed by atoms with Crippen LogP contribution in [-0.2, 0) is 6.54 Å². The molecule has 1 aromatic rings. The molecular formula is C5H8N2OS. The summed E-state index contributed by atoms with van der Waals surface area (Å²) in [6.07, 6.45) is 0. The Morgan fingerprint density at radius 2 is 2.44 bits per heavy atom. The summed E-state index contributed by atoms with van der Waals surface area (Å²) in [5, 5.41) is 0. The van der Waals surface area contributed by atoms with E-state index in [0.29, 0.717) is 6.54 Å². The highest BCUT2D eigenvalue weighted by Gasteiger charge is 1.98. The largest absolute Gasteiger partial charge is 0.326 e. The van der Waals surface area contributed by atoms with E-state index in [1.54, 1.807) is 0 Å². The SMILES string of the molecule is Cc1[nH]c(=O)sc1CN. The number of hydrogen-bond donors (Lipinski definition) is 2. The second-order valence-electron chi connectivity index (χ2n) is 1.77. The van der Waals surface area contributed by atoms with Gasteiger partial charge in [0.1, 0.15) is 0 Å². The number of H-pyrrole nitrogens is 1. The zero-order valence-corrected chi connectivity index (χ0v) is 5.92. The third kappa shape index (κ3) is 1.20. The third-order valence-electron chi connectivity index (χ3n) is 1.11. The van der Waals surface area contributed by atoms with Crippen molar-refractivity contribution in [3.05, 3.63) is 20.2 Å². The maximum Gasteiger partial charge on any atom is 0.304 e. The van der Waals surface area contributed by atoms with Crippen LogP contribution >= 0.6 is 11.3 Å². The normalized spacial score (nSPS) is 10.0. The topological polar surface area (TPSA) is 58.9 Å². The monoisotopic (exact) mass is 144 g/mol. The van der Waals surface area contributed by atoms with Crippen LogP contribution in [-0.4, -0.2) is 4.98 Å². The lowest BCUT2D eigenvalue weighted by Crippen LogP contribution is -1.94. The molecule has 0 aromatic carbocycles. The number of hydrogen-bond acceptors (Lipinski definition) is 3. The molecule has 0 saturated carbocycles. The smallest absolute Gasteiger partial charge is 0.304 e. The molecule has 0 aliphatic carbocycles. The van der Waals surface area contributed by atoms with Gasteiger partial charge in [-0.25, -0.2) is 0 Å². The summed E-state index contributed by atoms with van der Waals surface area (Å²) in [4.78, 5) is 14.1. The summed E-state index contributed by atoms with van der Waals surface area (Å²) in [5.41, 5.74) is 6.21. The van der Waals surface area contributed by atoms with E-state index in [1.165, 1.54) is 11.3 Å². The van der Waals surface area contributed by atoms with Crippen molar-refractivity contribution < 1.29 is 0 Å². The highest BCUT2D eigenvalue weighted by Crippen LogP contribution is 2.04. The van der Waals surface area contributed by atoms with Crippen molar-refractivity contribution >= 4 is 11.3 Å². The van der Waals surface area contributed by atoms with E-state index in [4.69, 9.17) is 5.73 Å². The molecule has 50 valence electrons. The van der Waals surface area contributed by atoms with Crippen LogP contribution in [0.2, 0.25) is 0 Å². The van der Waals surface area contributed by atoms with Crippen molar-refractivity contribution in [3.63, 3.8) is 0 Å². The van der Waals surface area contributed by atoms with E-state index in [-0.39, 0.29) is 4.87 Å². The average Bonchev–Trinajstić information content (AvgIpc) is 2.10. The minimum Gasteiger partial charge on any atom is -0.326 e. The minimum absolute atomic E-state index is 0.0204. The van der Waals surface area contributed by atoms with Crippen LogP contribution in [0.3, 0.4) is 0 Å². The lowest BCUT2D eigenvalue weighted by Gasteiger charge is -1.86. The van der Waals surface area contributed by atoms with E-state index < -0.39 is 0 Å². The minimum atomic E-state index is -0.0204. The summed E-state index contributed by atoms with van der Waals surface area (Å²) in [7, 11) is 0. The highest BCUT2D eigenvalue weighted by molar-refractivity contribution is 7.09. The van der Waals surface area contributed by atoms with Gasteiger partial charge >= 0.3 is 4.87 Å². The molecule has 1 aromatic heterocycles. The molecular weight excluding hydrogens is 136 g/mol. The Morgan fingerprint density at radius 1 is 1.78 bits per heavy atom. The van der Waals surface area contributed by atoms with Crippen molar-refractivity contribution in [3.8, 4) is 0 Å². The molecule has 0 amide bonds. The van der Waals surface area contributed by atoms with E-state index in [2.05, 4.69) is 4.98 Å². The van der Waals surface area contributed by atoms with Crippen LogP contribution in [0.4, 0.5) is 0 Å². The molecule has 0 aliphatic heterocycles. The van der Waals surface area contributed by atoms with Gasteiger partial charge in [0.15, 0.2) is 0 Å².